The summed E-state index contributed by atoms with van der Waals surface area (Å²) in [5, 5.41) is 0.309. The number of hydrogen-bond acceptors (Lipinski definition) is 2. The number of nitrogens with zero attached hydrogens (tertiary/aromatic N) is 2. The highest BCUT2D eigenvalue weighted by Crippen LogP contribution is 2.35. The Morgan fingerprint density at radius 3 is 2.76 bits per heavy atom. The fraction of sp³-hybridized carbons (Fsp3) is 0.667. The predicted octanol–water partition coefficient (Wildman–Crippen LogP) is 3.50. The van der Waals surface area contributed by atoms with Crippen LogP contribution in [0.15, 0.2) is 11.1 Å². The zero-order chi connectivity index (χ0) is 12.6. The summed E-state index contributed by atoms with van der Waals surface area (Å²) < 4.78 is 2.29. The second kappa shape index (κ2) is 5.26. The van der Waals surface area contributed by atoms with Crippen LogP contribution in [0.4, 0.5) is 0 Å². The third-order valence-corrected chi connectivity index (χ3v) is 5.44. The molecule has 1 aliphatic carbocycles. The molecule has 5 heteroatoms. The molecule has 1 heterocycles. The third kappa shape index (κ3) is 2.67. The van der Waals surface area contributed by atoms with E-state index in [1.54, 1.807) is 10.9 Å². The van der Waals surface area contributed by atoms with Gasteiger partial charge in [-0.05, 0) is 53.7 Å². The second-order valence-electron chi connectivity index (χ2n) is 4.98. The summed E-state index contributed by atoms with van der Waals surface area (Å²) in [6.45, 7) is 4.55. The maximum Gasteiger partial charge on any atom is 0.268 e. The molecule has 1 aromatic heterocycles. The number of halogens is 2. The average molecular weight is 367 g/mol. The molecule has 3 nitrogen and oxygen atoms in total. The Hall–Kier alpha value is -0.100. The highest BCUT2D eigenvalue weighted by molar-refractivity contribution is 14.1. The minimum absolute atomic E-state index is 0.00245. The van der Waals surface area contributed by atoms with Gasteiger partial charge in [0.05, 0.1) is 6.33 Å². The second-order valence-corrected chi connectivity index (χ2v) is 6.42. The molecule has 0 bridgehead atoms. The Bertz CT molecular complexity index is 474. The quantitative estimate of drug-likeness (QED) is 0.563. The molecule has 3 atom stereocenters. The molecule has 0 spiro atoms. The minimum atomic E-state index is -0.00245. The van der Waals surface area contributed by atoms with Gasteiger partial charge in [-0.15, -0.1) is 0 Å². The van der Waals surface area contributed by atoms with Crippen molar-refractivity contribution in [1.82, 2.24) is 9.55 Å². The summed E-state index contributed by atoms with van der Waals surface area (Å²) in [4.78, 5) is 16.2. The summed E-state index contributed by atoms with van der Waals surface area (Å²) >= 11 is 7.82. The van der Waals surface area contributed by atoms with E-state index in [0.717, 1.165) is 18.8 Å². The predicted molar refractivity (Wildman–Crippen MR) is 77.4 cm³/mol. The molecule has 1 aliphatic rings. The smallest absolute Gasteiger partial charge is 0.268 e. The van der Waals surface area contributed by atoms with Crippen LogP contribution in [0, 0.1) is 15.4 Å². The van der Waals surface area contributed by atoms with Crippen molar-refractivity contribution in [2.45, 2.75) is 39.2 Å². The normalized spacial score (nSPS) is 29.3. The van der Waals surface area contributed by atoms with Gasteiger partial charge >= 0.3 is 0 Å². The molecule has 3 unspecified atom stereocenters. The Balaban J connectivity index is 2.30. The minimum Gasteiger partial charge on any atom is -0.295 e. The largest absolute Gasteiger partial charge is 0.295 e. The van der Waals surface area contributed by atoms with Crippen molar-refractivity contribution >= 4 is 34.2 Å². The maximum atomic E-state index is 12.1. The standard InChI is InChI=1S/C12H16ClIN2O/c1-7-3-4-9(5-8(7)2)16-6-15-11(13)10(14)12(16)17/h6-9H,3-5H2,1-2H3. The Morgan fingerprint density at radius 2 is 2.12 bits per heavy atom. The first-order valence-corrected chi connectivity index (χ1v) is 7.38. The molecule has 1 fully saturated rings. The first-order valence-electron chi connectivity index (χ1n) is 5.92. The summed E-state index contributed by atoms with van der Waals surface area (Å²) in [5.41, 5.74) is -0.00245. The van der Waals surface area contributed by atoms with E-state index in [0.29, 0.717) is 14.6 Å². The van der Waals surface area contributed by atoms with Crippen LogP contribution in [0.2, 0.25) is 5.15 Å². The number of aromatic nitrogens is 2. The SMILES string of the molecule is CC1CCC(n2cnc(Cl)c(I)c2=O)CC1C. The van der Waals surface area contributed by atoms with E-state index >= 15 is 0 Å². The van der Waals surface area contributed by atoms with Crippen molar-refractivity contribution in [2.75, 3.05) is 0 Å². The fourth-order valence-corrected chi connectivity index (χ4v) is 3.00. The summed E-state index contributed by atoms with van der Waals surface area (Å²) in [6, 6.07) is 0.284. The van der Waals surface area contributed by atoms with Gasteiger partial charge in [0.2, 0.25) is 0 Å². The summed E-state index contributed by atoms with van der Waals surface area (Å²) in [7, 11) is 0. The van der Waals surface area contributed by atoms with Crippen molar-refractivity contribution in [1.29, 1.82) is 0 Å². The van der Waals surface area contributed by atoms with E-state index in [2.05, 4.69) is 18.8 Å². The van der Waals surface area contributed by atoms with Crippen molar-refractivity contribution in [2.24, 2.45) is 11.8 Å². The zero-order valence-electron chi connectivity index (χ0n) is 9.99. The zero-order valence-corrected chi connectivity index (χ0v) is 12.9. The molecule has 0 amide bonds. The molecule has 94 valence electrons. The lowest BCUT2D eigenvalue weighted by Gasteiger charge is -2.32. The highest BCUT2D eigenvalue weighted by Gasteiger charge is 2.26. The number of hydrogen-bond donors (Lipinski definition) is 0. The van der Waals surface area contributed by atoms with Crippen LogP contribution in [0.5, 0.6) is 0 Å². The van der Waals surface area contributed by atoms with Crippen LogP contribution in [0.25, 0.3) is 0 Å². The average Bonchev–Trinajstić information content (AvgIpc) is 2.30. The van der Waals surface area contributed by atoms with Gasteiger partial charge in [0.15, 0.2) is 0 Å². The molecule has 0 radical (unpaired) electrons. The van der Waals surface area contributed by atoms with Gasteiger partial charge in [-0.25, -0.2) is 4.98 Å². The molecule has 17 heavy (non-hydrogen) atoms. The van der Waals surface area contributed by atoms with E-state index in [4.69, 9.17) is 11.6 Å². The number of rotatable bonds is 1. The van der Waals surface area contributed by atoms with Gasteiger partial charge in [-0.1, -0.05) is 25.4 Å². The van der Waals surface area contributed by atoms with Crippen LogP contribution in [-0.4, -0.2) is 9.55 Å². The van der Waals surface area contributed by atoms with Crippen LogP contribution in [0.1, 0.15) is 39.2 Å². The van der Waals surface area contributed by atoms with Gasteiger partial charge in [0.25, 0.3) is 5.56 Å². The maximum absolute atomic E-state index is 12.1. The molecule has 1 saturated carbocycles. The molecular formula is C12H16ClIN2O. The van der Waals surface area contributed by atoms with Gasteiger partial charge in [0.1, 0.15) is 8.72 Å². The van der Waals surface area contributed by atoms with Gasteiger partial charge in [-0.3, -0.25) is 9.36 Å². The fourth-order valence-electron chi connectivity index (χ4n) is 2.46. The van der Waals surface area contributed by atoms with E-state index in [1.807, 2.05) is 22.6 Å². The molecule has 0 N–H and O–H groups in total. The van der Waals surface area contributed by atoms with Gasteiger partial charge < -0.3 is 0 Å². The van der Waals surface area contributed by atoms with Crippen molar-refractivity contribution < 1.29 is 0 Å². The van der Waals surface area contributed by atoms with Gasteiger partial charge in [0, 0.05) is 6.04 Å². The lowest BCUT2D eigenvalue weighted by atomic mass is 9.79. The van der Waals surface area contributed by atoms with Crippen LogP contribution < -0.4 is 5.56 Å². The molecule has 1 aromatic rings. The lowest BCUT2D eigenvalue weighted by molar-refractivity contribution is 0.206. The van der Waals surface area contributed by atoms with E-state index in [-0.39, 0.29) is 11.6 Å². The lowest BCUT2D eigenvalue weighted by Crippen LogP contribution is -2.32. The highest BCUT2D eigenvalue weighted by atomic mass is 127. The Morgan fingerprint density at radius 1 is 1.41 bits per heavy atom. The van der Waals surface area contributed by atoms with E-state index in [1.165, 1.54) is 6.42 Å². The topological polar surface area (TPSA) is 34.9 Å². The van der Waals surface area contributed by atoms with E-state index < -0.39 is 0 Å². The van der Waals surface area contributed by atoms with E-state index in [9.17, 15) is 4.79 Å². The summed E-state index contributed by atoms with van der Waals surface area (Å²) in [6.07, 6.45) is 4.89. The molecule has 2 rings (SSSR count). The van der Waals surface area contributed by atoms with Gasteiger partial charge in [-0.2, -0.15) is 0 Å². The molecule has 0 aliphatic heterocycles. The summed E-state index contributed by atoms with van der Waals surface area (Å²) in [5.74, 6) is 1.41. The van der Waals surface area contributed by atoms with Crippen LogP contribution in [0.3, 0.4) is 0 Å². The molecule has 0 saturated heterocycles. The monoisotopic (exact) mass is 366 g/mol. The van der Waals surface area contributed by atoms with Crippen molar-refractivity contribution in [3.63, 3.8) is 0 Å². The third-order valence-electron chi connectivity index (χ3n) is 3.86. The van der Waals surface area contributed by atoms with Crippen molar-refractivity contribution in [3.05, 3.63) is 25.4 Å². The van der Waals surface area contributed by atoms with Crippen molar-refractivity contribution in [3.8, 4) is 0 Å². The molecular weight excluding hydrogens is 351 g/mol. The first kappa shape index (κ1) is 13.3. The Kier molecular flexibility index (Phi) is 4.13. The van der Waals surface area contributed by atoms with Crippen LogP contribution in [-0.2, 0) is 0 Å². The first-order chi connectivity index (χ1) is 8.00. The Labute approximate surface area is 120 Å². The molecule has 0 aromatic carbocycles. The van der Waals surface area contributed by atoms with Crippen LogP contribution >= 0.6 is 34.2 Å².